The number of aromatic nitrogens is 1. The summed E-state index contributed by atoms with van der Waals surface area (Å²) in [6.07, 6.45) is 1.66. The van der Waals surface area contributed by atoms with Crippen LogP contribution in [0.5, 0.6) is 0 Å². The minimum atomic E-state index is -0.515. The van der Waals surface area contributed by atoms with Crippen LogP contribution >= 0.6 is 0 Å². The van der Waals surface area contributed by atoms with Crippen molar-refractivity contribution in [2.45, 2.75) is 33.3 Å². The molecule has 21 heavy (non-hydrogen) atoms. The summed E-state index contributed by atoms with van der Waals surface area (Å²) >= 11 is 0. The van der Waals surface area contributed by atoms with E-state index in [2.05, 4.69) is 4.98 Å². The van der Waals surface area contributed by atoms with Crippen LogP contribution in [0.1, 0.15) is 36.7 Å². The van der Waals surface area contributed by atoms with Crippen LogP contribution in [0.2, 0.25) is 0 Å². The van der Waals surface area contributed by atoms with Crippen LogP contribution < -0.4 is 5.73 Å². The number of anilines is 1. The van der Waals surface area contributed by atoms with E-state index in [0.29, 0.717) is 11.3 Å². The van der Waals surface area contributed by atoms with Crippen molar-refractivity contribution in [1.29, 1.82) is 0 Å². The van der Waals surface area contributed by atoms with E-state index in [9.17, 15) is 4.79 Å². The number of benzene rings is 1. The van der Waals surface area contributed by atoms with Gasteiger partial charge in [-0.25, -0.2) is 4.79 Å². The lowest BCUT2D eigenvalue weighted by Gasteiger charge is -2.19. The van der Waals surface area contributed by atoms with Gasteiger partial charge in [0, 0.05) is 17.4 Å². The molecule has 1 heterocycles. The van der Waals surface area contributed by atoms with Crippen LogP contribution in [0.4, 0.5) is 5.69 Å². The lowest BCUT2D eigenvalue weighted by atomic mass is 10.0. The second-order valence-electron chi connectivity index (χ2n) is 5.96. The second kappa shape index (κ2) is 5.56. The maximum absolute atomic E-state index is 12.1. The highest BCUT2D eigenvalue weighted by Crippen LogP contribution is 2.25. The second-order valence-corrected chi connectivity index (χ2v) is 5.96. The van der Waals surface area contributed by atoms with Gasteiger partial charge in [-0.15, -0.1) is 0 Å². The third-order valence-corrected chi connectivity index (χ3v) is 3.02. The molecule has 110 valence electrons. The van der Waals surface area contributed by atoms with E-state index in [0.717, 1.165) is 16.8 Å². The summed E-state index contributed by atoms with van der Waals surface area (Å²) in [5, 5.41) is 0. The zero-order valence-corrected chi connectivity index (χ0v) is 12.8. The summed E-state index contributed by atoms with van der Waals surface area (Å²) in [6.45, 7) is 7.45. The van der Waals surface area contributed by atoms with Crippen molar-refractivity contribution in [1.82, 2.24) is 4.98 Å². The van der Waals surface area contributed by atoms with Gasteiger partial charge in [0.05, 0.1) is 11.3 Å². The van der Waals surface area contributed by atoms with Gasteiger partial charge in [0.15, 0.2) is 0 Å². The highest BCUT2D eigenvalue weighted by atomic mass is 16.6. The third-order valence-electron chi connectivity index (χ3n) is 3.02. The molecule has 0 aliphatic carbocycles. The first kappa shape index (κ1) is 15.0. The van der Waals surface area contributed by atoms with Crippen LogP contribution in [0.25, 0.3) is 11.3 Å². The average molecular weight is 284 g/mol. The molecule has 1 aromatic carbocycles. The molecule has 4 nitrogen and oxygen atoms in total. The predicted octanol–water partition coefficient (Wildman–Crippen LogP) is 3.59. The average Bonchev–Trinajstić information content (AvgIpc) is 2.40. The summed E-state index contributed by atoms with van der Waals surface area (Å²) in [5.41, 5.74) is 9.11. The van der Waals surface area contributed by atoms with Crippen LogP contribution in [-0.2, 0) is 4.74 Å². The van der Waals surface area contributed by atoms with Crippen LogP contribution in [0.3, 0.4) is 0 Å². The molecule has 0 saturated heterocycles. The van der Waals surface area contributed by atoms with E-state index >= 15 is 0 Å². The van der Waals surface area contributed by atoms with Crippen LogP contribution in [0.15, 0.2) is 36.5 Å². The van der Waals surface area contributed by atoms with E-state index in [-0.39, 0.29) is 5.97 Å². The Morgan fingerprint density at radius 1 is 1.24 bits per heavy atom. The van der Waals surface area contributed by atoms with Gasteiger partial charge in [0.25, 0.3) is 0 Å². The van der Waals surface area contributed by atoms with Gasteiger partial charge in [0.2, 0.25) is 0 Å². The molecule has 1 aromatic heterocycles. The smallest absolute Gasteiger partial charge is 0.338 e. The first-order valence-corrected chi connectivity index (χ1v) is 6.83. The molecule has 2 aromatic rings. The van der Waals surface area contributed by atoms with Gasteiger partial charge in [-0.3, -0.25) is 4.98 Å². The molecule has 0 amide bonds. The maximum Gasteiger partial charge on any atom is 0.338 e. The molecule has 4 heteroatoms. The lowest BCUT2D eigenvalue weighted by molar-refractivity contribution is 0.00696. The number of hydrogen-bond acceptors (Lipinski definition) is 4. The normalized spacial score (nSPS) is 11.2. The highest BCUT2D eigenvalue weighted by Gasteiger charge is 2.18. The summed E-state index contributed by atoms with van der Waals surface area (Å²) in [6, 6.07) is 9.00. The monoisotopic (exact) mass is 284 g/mol. The summed E-state index contributed by atoms with van der Waals surface area (Å²) < 4.78 is 5.38. The Hall–Kier alpha value is -2.36. The molecule has 0 bridgehead atoms. The van der Waals surface area contributed by atoms with Crippen LogP contribution in [0, 0.1) is 6.92 Å². The topological polar surface area (TPSA) is 65.2 Å². The molecule has 0 saturated carbocycles. The molecule has 0 fully saturated rings. The standard InChI is InChI=1S/C17H20N2O2/c1-11-14(18)8-9-19-15(11)12-6-5-7-13(10-12)16(20)21-17(2,3)4/h5-10H,1-4H3,(H2,18,19). The van der Waals surface area contributed by atoms with Crippen LogP contribution in [-0.4, -0.2) is 16.6 Å². The Morgan fingerprint density at radius 3 is 2.62 bits per heavy atom. The first-order valence-electron chi connectivity index (χ1n) is 6.83. The largest absolute Gasteiger partial charge is 0.456 e. The molecule has 0 radical (unpaired) electrons. The zero-order valence-electron chi connectivity index (χ0n) is 12.8. The number of esters is 1. The van der Waals surface area contributed by atoms with Crippen molar-refractivity contribution in [2.75, 3.05) is 5.73 Å². The van der Waals surface area contributed by atoms with Gasteiger partial charge in [0.1, 0.15) is 5.60 Å². The molecular weight excluding hydrogens is 264 g/mol. The Balaban J connectivity index is 2.38. The molecule has 0 spiro atoms. The number of nitrogens with zero attached hydrogens (tertiary/aromatic N) is 1. The molecule has 0 aliphatic rings. The van der Waals surface area contributed by atoms with Gasteiger partial charge in [-0.2, -0.15) is 0 Å². The molecule has 2 N–H and O–H groups in total. The molecule has 0 aliphatic heterocycles. The number of pyridine rings is 1. The molecule has 0 atom stereocenters. The number of hydrogen-bond donors (Lipinski definition) is 1. The van der Waals surface area contributed by atoms with Crippen molar-refractivity contribution in [3.63, 3.8) is 0 Å². The van der Waals surface area contributed by atoms with Gasteiger partial charge >= 0.3 is 5.97 Å². The molecule has 0 unspecified atom stereocenters. The predicted molar refractivity (Wildman–Crippen MR) is 84.0 cm³/mol. The number of ether oxygens (including phenoxy) is 1. The Morgan fingerprint density at radius 2 is 1.95 bits per heavy atom. The SMILES string of the molecule is Cc1c(N)ccnc1-c1cccc(C(=O)OC(C)(C)C)c1. The third kappa shape index (κ3) is 3.60. The van der Waals surface area contributed by atoms with Crippen molar-refractivity contribution >= 4 is 11.7 Å². The number of nitrogen functional groups attached to an aromatic ring is 1. The summed E-state index contributed by atoms with van der Waals surface area (Å²) in [4.78, 5) is 16.5. The molecular formula is C17H20N2O2. The fourth-order valence-corrected chi connectivity index (χ4v) is 1.97. The summed E-state index contributed by atoms with van der Waals surface area (Å²) in [7, 11) is 0. The van der Waals surface area contributed by atoms with Gasteiger partial charge in [-0.05, 0) is 51.5 Å². The minimum absolute atomic E-state index is 0.342. The molecule has 2 rings (SSSR count). The zero-order chi connectivity index (χ0) is 15.6. The number of rotatable bonds is 2. The van der Waals surface area contributed by atoms with Gasteiger partial charge < -0.3 is 10.5 Å². The highest BCUT2D eigenvalue weighted by molar-refractivity contribution is 5.91. The van der Waals surface area contributed by atoms with Crippen molar-refractivity contribution in [3.8, 4) is 11.3 Å². The Bertz CT molecular complexity index is 673. The minimum Gasteiger partial charge on any atom is -0.456 e. The lowest BCUT2D eigenvalue weighted by Crippen LogP contribution is -2.23. The van der Waals surface area contributed by atoms with E-state index < -0.39 is 5.60 Å². The number of carbonyl (C=O) groups is 1. The van der Waals surface area contributed by atoms with Crippen molar-refractivity contribution < 1.29 is 9.53 Å². The first-order chi connectivity index (χ1) is 9.78. The van der Waals surface area contributed by atoms with Crippen molar-refractivity contribution in [3.05, 3.63) is 47.7 Å². The maximum atomic E-state index is 12.1. The van der Waals surface area contributed by atoms with Gasteiger partial charge in [-0.1, -0.05) is 12.1 Å². The fourth-order valence-electron chi connectivity index (χ4n) is 1.97. The van der Waals surface area contributed by atoms with E-state index in [1.165, 1.54) is 0 Å². The van der Waals surface area contributed by atoms with E-state index in [4.69, 9.17) is 10.5 Å². The Labute approximate surface area is 125 Å². The fraction of sp³-hybridized carbons (Fsp3) is 0.294. The van der Waals surface area contributed by atoms with E-state index in [1.807, 2.05) is 39.8 Å². The Kier molecular flexibility index (Phi) is 3.98. The summed E-state index contributed by atoms with van der Waals surface area (Å²) in [5.74, 6) is -0.342. The quantitative estimate of drug-likeness (QED) is 0.856. The number of carbonyl (C=O) groups excluding carboxylic acids is 1. The number of nitrogens with two attached hydrogens (primary N) is 1. The van der Waals surface area contributed by atoms with E-state index in [1.54, 1.807) is 24.4 Å². The van der Waals surface area contributed by atoms with Crippen molar-refractivity contribution in [2.24, 2.45) is 0 Å².